The second-order valence-corrected chi connectivity index (χ2v) is 6.24. The summed E-state index contributed by atoms with van der Waals surface area (Å²) in [4.78, 5) is -0.00967. The molecule has 0 aliphatic carbocycles. The van der Waals surface area contributed by atoms with Crippen molar-refractivity contribution in [2.45, 2.75) is 4.90 Å². The van der Waals surface area contributed by atoms with E-state index in [4.69, 9.17) is 28.9 Å². The van der Waals surface area contributed by atoms with E-state index in [1.54, 1.807) is 18.2 Å². The Morgan fingerprint density at radius 2 is 1.68 bits per heavy atom. The number of sulfonamides is 1. The molecular formula is C12H10Cl2N2O2S. The van der Waals surface area contributed by atoms with Gasteiger partial charge in [-0.1, -0.05) is 35.3 Å². The van der Waals surface area contributed by atoms with Gasteiger partial charge in [-0.05, 0) is 30.3 Å². The van der Waals surface area contributed by atoms with Crippen LogP contribution in [0, 0.1) is 0 Å². The van der Waals surface area contributed by atoms with Gasteiger partial charge in [0, 0.05) is 5.69 Å². The molecule has 2 aromatic rings. The molecule has 0 amide bonds. The van der Waals surface area contributed by atoms with Crippen LogP contribution in [-0.2, 0) is 10.0 Å². The summed E-state index contributed by atoms with van der Waals surface area (Å²) in [5.41, 5.74) is 6.24. The maximum Gasteiger partial charge on any atom is 0.263 e. The summed E-state index contributed by atoms with van der Waals surface area (Å²) < 4.78 is 26.7. The first kappa shape index (κ1) is 14.0. The minimum absolute atomic E-state index is 0.00967. The lowest BCUT2D eigenvalue weighted by atomic mass is 10.3. The molecule has 0 saturated carbocycles. The van der Waals surface area contributed by atoms with Crippen molar-refractivity contribution in [1.29, 1.82) is 0 Å². The molecule has 0 unspecified atom stereocenters. The summed E-state index contributed by atoms with van der Waals surface area (Å²) in [7, 11) is -3.79. The Morgan fingerprint density at radius 1 is 1.00 bits per heavy atom. The summed E-state index contributed by atoms with van der Waals surface area (Å²) in [6.07, 6.45) is 0. The fourth-order valence-electron chi connectivity index (χ4n) is 1.48. The van der Waals surface area contributed by atoms with Gasteiger partial charge in [-0.2, -0.15) is 0 Å². The first-order valence-corrected chi connectivity index (χ1v) is 7.46. The van der Waals surface area contributed by atoms with Crippen molar-refractivity contribution in [2.75, 3.05) is 10.5 Å². The fourth-order valence-corrected chi connectivity index (χ4v) is 3.37. The van der Waals surface area contributed by atoms with Crippen LogP contribution in [0.15, 0.2) is 47.4 Å². The highest BCUT2D eigenvalue weighted by atomic mass is 35.5. The lowest BCUT2D eigenvalue weighted by molar-refractivity contribution is 0.601. The number of halogens is 2. The number of rotatable bonds is 3. The third-order valence-electron chi connectivity index (χ3n) is 2.36. The van der Waals surface area contributed by atoms with Gasteiger partial charge in [0.25, 0.3) is 10.0 Å². The largest absolute Gasteiger partial charge is 0.399 e. The van der Waals surface area contributed by atoms with Crippen molar-refractivity contribution >= 4 is 44.6 Å². The third-order valence-corrected chi connectivity index (χ3v) is 4.54. The van der Waals surface area contributed by atoms with E-state index in [1.165, 1.54) is 24.3 Å². The zero-order chi connectivity index (χ0) is 14.0. The Bertz CT molecular complexity index is 717. The molecule has 0 bridgehead atoms. The highest BCUT2D eigenvalue weighted by molar-refractivity contribution is 7.92. The third kappa shape index (κ3) is 3.12. The molecule has 0 aliphatic rings. The van der Waals surface area contributed by atoms with Gasteiger partial charge in [-0.3, -0.25) is 4.72 Å². The standard InChI is InChI=1S/C12H10Cl2N2O2S/c13-9-3-1-2-4-12(9)19(17,18)16-11-6-5-8(15)7-10(11)14/h1-7,16H,15H2. The van der Waals surface area contributed by atoms with E-state index >= 15 is 0 Å². The van der Waals surface area contributed by atoms with E-state index in [-0.39, 0.29) is 20.6 Å². The Kier molecular flexibility index (Phi) is 3.89. The smallest absolute Gasteiger partial charge is 0.263 e. The van der Waals surface area contributed by atoms with Crippen LogP contribution in [0.3, 0.4) is 0 Å². The molecule has 0 radical (unpaired) electrons. The van der Waals surface area contributed by atoms with Crippen molar-refractivity contribution in [3.8, 4) is 0 Å². The lowest BCUT2D eigenvalue weighted by Crippen LogP contribution is -2.13. The molecule has 2 aromatic carbocycles. The molecular weight excluding hydrogens is 307 g/mol. The van der Waals surface area contributed by atoms with Crippen LogP contribution in [0.4, 0.5) is 11.4 Å². The Hall–Kier alpha value is -1.43. The average Bonchev–Trinajstić information content (AvgIpc) is 2.33. The second-order valence-electron chi connectivity index (χ2n) is 3.78. The van der Waals surface area contributed by atoms with Crippen LogP contribution < -0.4 is 10.5 Å². The number of nitrogen functional groups attached to an aromatic ring is 1. The topological polar surface area (TPSA) is 72.2 Å². The molecule has 0 heterocycles. The van der Waals surface area contributed by atoms with Gasteiger partial charge >= 0.3 is 0 Å². The van der Waals surface area contributed by atoms with Crippen molar-refractivity contribution < 1.29 is 8.42 Å². The Balaban J connectivity index is 2.40. The normalized spacial score (nSPS) is 11.3. The summed E-state index contributed by atoms with van der Waals surface area (Å²) >= 11 is 11.8. The molecule has 7 heteroatoms. The number of hydrogen-bond donors (Lipinski definition) is 2. The zero-order valence-electron chi connectivity index (χ0n) is 9.60. The molecule has 0 spiro atoms. The minimum Gasteiger partial charge on any atom is -0.399 e. The number of nitrogens with one attached hydrogen (secondary N) is 1. The molecule has 0 aromatic heterocycles. The number of hydrogen-bond acceptors (Lipinski definition) is 3. The van der Waals surface area contributed by atoms with Crippen LogP contribution in [0.1, 0.15) is 0 Å². The van der Waals surface area contributed by atoms with Crippen LogP contribution in [-0.4, -0.2) is 8.42 Å². The number of benzene rings is 2. The predicted octanol–water partition coefficient (Wildman–Crippen LogP) is 3.38. The summed E-state index contributed by atoms with van der Waals surface area (Å²) in [5.74, 6) is 0. The Labute approximate surface area is 121 Å². The van der Waals surface area contributed by atoms with Gasteiger partial charge in [0.1, 0.15) is 4.90 Å². The van der Waals surface area contributed by atoms with Gasteiger partial charge in [-0.25, -0.2) is 8.42 Å². The first-order chi connectivity index (χ1) is 8.90. The molecule has 2 rings (SSSR count). The maximum absolute atomic E-state index is 12.2. The number of anilines is 2. The SMILES string of the molecule is Nc1ccc(NS(=O)(=O)c2ccccc2Cl)c(Cl)c1. The summed E-state index contributed by atoms with van der Waals surface area (Å²) in [6, 6.07) is 10.7. The van der Waals surface area contributed by atoms with E-state index in [1.807, 2.05) is 0 Å². The van der Waals surface area contributed by atoms with Gasteiger partial charge < -0.3 is 5.73 Å². The van der Waals surface area contributed by atoms with E-state index in [9.17, 15) is 8.42 Å². The predicted molar refractivity (Wildman–Crippen MR) is 78.1 cm³/mol. The van der Waals surface area contributed by atoms with Gasteiger partial charge in [0.05, 0.1) is 15.7 Å². The van der Waals surface area contributed by atoms with Crippen molar-refractivity contribution in [3.63, 3.8) is 0 Å². The summed E-state index contributed by atoms with van der Waals surface area (Å²) in [6.45, 7) is 0. The van der Waals surface area contributed by atoms with Crippen molar-refractivity contribution in [1.82, 2.24) is 0 Å². The van der Waals surface area contributed by atoms with Gasteiger partial charge in [-0.15, -0.1) is 0 Å². The molecule has 0 atom stereocenters. The van der Waals surface area contributed by atoms with E-state index in [0.29, 0.717) is 5.69 Å². The molecule has 3 N–H and O–H groups in total. The molecule has 0 aliphatic heterocycles. The second kappa shape index (κ2) is 5.28. The molecule has 4 nitrogen and oxygen atoms in total. The van der Waals surface area contributed by atoms with Crippen LogP contribution >= 0.6 is 23.2 Å². The fraction of sp³-hybridized carbons (Fsp3) is 0. The van der Waals surface area contributed by atoms with Crippen LogP contribution in [0.25, 0.3) is 0 Å². The van der Waals surface area contributed by atoms with E-state index in [2.05, 4.69) is 4.72 Å². The molecule has 0 fully saturated rings. The molecule has 0 saturated heterocycles. The molecule has 19 heavy (non-hydrogen) atoms. The first-order valence-electron chi connectivity index (χ1n) is 5.22. The maximum atomic E-state index is 12.2. The quantitative estimate of drug-likeness (QED) is 0.853. The average molecular weight is 317 g/mol. The van der Waals surface area contributed by atoms with Gasteiger partial charge in [0.2, 0.25) is 0 Å². The van der Waals surface area contributed by atoms with Crippen molar-refractivity contribution in [3.05, 3.63) is 52.5 Å². The highest BCUT2D eigenvalue weighted by Crippen LogP contribution is 2.28. The summed E-state index contributed by atoms with van der Waals surface area (Å²) in [5, 5.41) is 0.359. The van der Waals surface area contributed by atoms with E-state index in [0.717, 1.165) is 0 Å². The minimum atomic E-state index is -3.79. The van der Waals surface area contributed by atoms with Crippen molar-refractivity contribution in [2.24, 2.45) is 0 Å². The zero-order valence-corrected chi connectivity index (χ0v) is 11.9. The Morgan fingerprint density at radius 3 is 2.32 bits per heavy atom. The lowest BCUT2D eigenvalue weighted by Gasteiger charge is -2.11. The molecule has 100 valence electrons. The monoisotopic (exact) mass is 316 g/mol. The van der Waals surface area contributed by atoms with E-state index < -0.39 is 10.0 Å². The highest BCUT2D eigenvalue weighted by Gasteiger charge is 2.18. The van der Waals surface area contributed by atoms with Gasteiger partial charge in [0.15, 0.2) is 0 Å². The number of nitrogens with two attached hydrogens (primary N) is 1. The van der Waals surface area contributed by atoms with Crippen LogP contribution in [0.5, 0.6) is 0 Å². The van der Waals surface area contributed by atoms with Crippen LogP contribution in [0.2, 0.25) is 10.0 Å².